The summed E-state index contributed by atoms with van der Waals surface area (Å²) in [4.78, 5) is 16.2. The lowest BCUT2D eigenvalue weighted by atomic mass is 9.87. The lowest BCUT2D eigenvalue weighted by Crippen LogP contribution is -2.38. The van der Waals surface area contributed by atoms with Crippen LogP contribution in [0.4, 0.5) is 5.69 Å². The summed E-state index contributed by atoms with van der Waals surface area (Å²) in [6, 6.07) is 1.64. The van der Waals surface area contributed by atoms with E-state index in [9.17, 15) is 9.90 Å². The average molecular weight is 263 g/mol. The third kappa shape index (κ3) is 3.04. The zero-order valence-electron chi connectivity index (χ0n) is 11.3. The predicted molar refractivity (Wildman–Crippen MR) is 73.7 cm³/mol. The van der Waals surface area contributed by atoms with Crippen molar-refractivity contribution in [1.29, 1.82) is 0 Å². The number of aliphatic hydroxyl groups excluding tert-OH is 1. The van der Waals surface area contributed by atoms with Gasteiger partial charge < -0.3 is 16.2 Å². The lowest BCUT2D eigenvalue weighted by Gasteiger charge is -2.26. The molecule has 1 heterocycles. The van der Waals surface area contributed by atoms with Crippen LogP contribution in [0.1, 0.15) is 41.7 Å². The molecule has 1 aliphatic rings. The Bertz CT molecular complexity index is 468. The predicted octanol–water partition coefficient (Wildman–Crippen LogP) is 1.25. The van der Waals surface area contributed by atoms with Crippen molar-refractivity contribution in [3.05, 3.63) is 23.5 Å². The third-order valence-electron chi connectivity index (χ3n) is 3.98. The Hall–Kier alpha value is -1.62. The molecule has 0 spiro atoms. The molecule has 5 heteroatoms. The zero-order valence-corrected chi connectivity index (χ0v) is 11.3. The molecule has 0 bridgehead atoms. The van der Waals surface area contributed by atoms with Gasteiger partial charge in [-0.1, -0.05) is 12.8 Å². The van der Waals surface area contributed by atoms with Gasteiger partial charge in [0.2, 0.25) is 0 Å². The number of hydrogen-bond donors (Lipinski definition) is 3. The van der Waals surface area contributed by atoms with Crippen molar-refractivity contribution in [2.75, 3.05) is 18.9 Å². The van der Waals surface area contributed by atoms with Crippen molar-refractivity contribution in [3.8, 4) is 0 Å². The van der Waals surface area contributed by atoms with Gasteiger partial charge in [-0.2, -0.15) is 0 Å². The van der Waals surface area contributed by atoms with Crippen molar-refractivity contribution >= 4 is 11.6 Å². The highest BCUT2D eigenvalue weighted by Gasteiger charge is 2.33. The number of rotatable bonds is 4. The van der Waals surface area contributed by atoms with E-state index < -0.39 is 0 Å². The molecule has 1 fully saturated rings. The van der Waals surface area contributed by atoms with E-state index in [1.165, 1.54) is 6.20 Å². The highest BCUT2D eigenvalue weighted by molar-refractivity contribution is 5.95. The highest BCUT2D eigenvalue weighted by Crippen LogP contribution is 2.36. The largest absolute Gasteiger partial charge is 0.397 e. The van der Waals surface area contributed by atoms with Crippen LogP contribution in [0.5, 0.6) is 0 Å². The Labute approximate surface area is 113 Å². The zero-order chi connectivity index (χ0) is 13.9. The first-order valence-corrected chi connectivity index (χ1v) is 6.67. The summed E-state index contributed by atoms with van der Waals surface area (Å²) in [5.74, 6) is -0.169. The standard InChI is InChI=1S/C14H21N3O2/c1-10-12(6-11(15)7-16-10)13(19)17-8-14(9-18)4-2-3-5-14/h6-7,18H,2-5,8-9,15H2,1H3,(H,17,19). The Balaban J connectivity index is 2.03. The van der Waals surface area contributed by atoms with Gasteiger partial charge in [-0.3, -0.25) is 9.78 Å². The van der Waals surface area contributed by atoms with Crippen molar-refractivity contribution in [2.45, 2.75) is 32.6 Å². The third-order valence-corrected chi connectivity index (χ3v) is 3.98. The maximum Gasteiger partial charge on any atom is 0.253 e. The van der Waals surface area contributed by atoms with Crippen LogP contribution in [0.25, 0.3) is 0 Å². The molecular formula is C14H21N3O2. The number of aliphatic hydroxyl groups is 1. The van der Waals surface area contributed by atoms with E-state index in [-0.39, 0.29) is 17.9 Å². The molecular weight excluding hydrogens is 242 g/mol. The Morgan fingerprint density at radius 3 is 2.84 bits per heavy atom. The molecule has 1 aromatic rings. The fraction of sp³-hybridized carbons (Fsp3) is 0.571. The number of carbonyl (C=O) groups excluding carboxylic acids is 1. The fourth-order valence-electron chi connectivity index (χ4n) is 2.66. The number of nitrogens with two attached hydrogens (primary N) is 1. The first kappa shape index (κ1) is 13.8. The molecule has 1 aromatic heterocycles. The van der Waals surface area contributed by atoms with Crippen LogP contribution in [0.2, 0.25) is 0 Å². The summed E-state index contributed by atoms with van der Waals surface area (Å²) in [6.45, 7) is 2.42. The number of nitrogens with zero attached hydrogens (tertiary/aromatic N) is 1. The summed E-state index contributed by atoms with van der Waals surface area (Å²) in [5.41, 5.74) is 7.16. The number of aryl methyl sites for hydroxylation is 1. The summed E-state index contributed by atoms with van der Waals surface area (Å²) < 4.78 is 0. The molecule has 0 saturated heterocycles. The SMILES string of the molecule is Cc1ncc(N)cc1C(=O)NCC1(CO)CCCC1. The number of nitrogens with one attached hydrogen (secondary N) is 1. The molecule has 104 valence electrons. The molecule has 0 aliphatic heterocycles. The second-order valence-electron chi connectivity index (χ2n) is 5.45. The molecule has 4 N–H and O–H groups in total. The molecule has 1 saturated carbocycles. The van der Waals surface area contributed by atoms with Gasteiger partial charge >= 0.3 is 0 Å². The Morgan fingerprint density at radius 1 is 1.53 bits per heavy atom. The minimum atomic E-state index is -0.169. The average Bonchev–Trinajstić information content (AvgIpc) is 2.88. The van der Waals surface area contributed by atoms with Crippen molar-refractivity contribution in [1.82, 2.24) is 10.3 Å². The van der Waals surface area contributed by atoms with Gasteiger partial charge in [0.1, 0.15) is 0 Å². The molecule has 0 aromatic carbocycles. The van der Waals surface area contributed by atoms with E-state index in [0.717, 1.165) is 25.7 Å². The number of amides is 1. The van der Waals surface area contributed by atoms with Crippen LogP contribution in [-0.2, 0) is 0 Å². The minimum absolute atomic E-state index is 0.126. The summed E-state index contributed by atoms with van der Waals surface area (Å²) in [5, 5.41) is 12.4. The first-order valence-electron chi connectivity index (χ1n) is 6.67. The quantitative estimate of drug-likeness (QED) is 0.763. The molecule has 1 aliphatic carbocycles. The van der Waals surface area contributed by atoms with Gasteiger partial charge in [-0.05, 0) is 25.8 Å². The Morgan fingerprint density at radius 2 is 2.21 bits per heavy atom. The number of hydrogen-bond acceptors (Lipinski definition) is 4. The lowest BCUT2D eigenvalue weighted by molar-refractivity contribution is 0.0879. The highest BCUT2D eigenvalue weighted by atomic mass is 16.3. The van der Waals surface area contributed by atoms with Gasteiger partial charge in [0, 0.05) is 12.0 Å². The summed E-state index contributed by atoms with van der Waals surface area (Å²) in [6.07, 6.45) is 5.72. The van der Waals surface area contributed by atoms with Crippen molar-refractivity contribution < 1.29 is 9.90 Å². The van der Waals surface area contributed by atoms with Crippen LogP contribution >= 0.6 is 0 Å². The summed E-state index contributed by atoms with van der Waals surface area (Å²) in [7, 11) is 0. The molecule has 2 rings (SSSR count). The first-order chi connectivity index (χ1) is 9.06. The fourth-order valence-corrected chi connectivity index (χ4v) is 2.66. The number of carbonyl (C=O) groups is 1. The van der Waals surface area contributed by atoms with Crippen LogP contribution in [0.3, 0.4) is 0 Å². The second-order valence-corrected chi connectivity index (χ2v) is 5.45. The van der Waals surface area contributed by atoms with E-state index in [2.05, 4.69) is 10.3 Å². The molecule has 0 unspecified atom stereocenters. The van der Waals surface area contributed by atoms with Gasteiger partial charge in [-0.25, -0.2) is 0 Å². The van der Waals surface area contributed by atoms with E-state index >= 15 is 0 Å². The van der Waals surface area contributed by atoms with Crippen LogP contribution in [0, 0.1) is 12.3 Å². The maximum atomic E-state index is 12.1. The van der Waals surface area contributed by atoms with Crippen molar-refractivity contribution in [3.63, 3.8) is 0 Å². The molecule has 19 heavy (non-hydrogen) atoms. The molecule has 1 amide bonds. The van der Waals surface area contributed by atoms with Crippen LogP contribution in [-0.4, -0.2) is 29.1 Å². The van der Waals surface area contributed by atoms with Gasteiger partial charge in [0.05, 0.1) is 29.7 Å². The second kappa shape index (κ2) is 5.57. The maximum absolute atomic E-state index is 12.1. The number of anilines is 1. The van der Waals surface area contributed by atoms with E-state index in [0.29, 0.717) is 23.5 Å². The molecule has 0 atom stereocenters. The van der Waals surface area contributed by atoms with Crippen molar-refractivity contribution in [2.24, 2.45) is 5.41 Å². The van der Waals surface area contributed by atoms with E-state index in [1.807, 2.05) is 0 Å². The number of aromatic nitrogens is 1. The van der Waals surface area contributed by atoms with Crippen LogP contribution in [0.15, 0.2) is 12.3 Å². The van der Waals surface area contributed by atoms with Gasteiger partial charge in [0.15, 0.2) is 0 Å². The van der Waals surface area contributed by atoms with E-state index in [1.54, 1.807) is 13.0 Å². The van der Waals surface area contributed by atoms with Gasteiger partial charge in [-0.15, -0.1) is 0 Å². The van der Waals surface area contributed by atoms with Gasteiger partial charge in [0.25, 0.3) is 5.91 Å². The van der Waals surface area contributed by atoms with E-state index in [4.69, 9.17) is 5.73 Å². The van der Waals surface area contributed by atoms with Crippen LogP contribution < -0.4 is 11.1 Å². The smallest absolute Gasteiger partial charge is 0.253 e. The summed E-state index contributed by atoms with van der Waals surface area (Å²) >= 11 is 0. The monoisotopic (exact) mass is 263 g/mol. The number of pyridine rings is 1. The Kier molecular flexibility index (Phi) is 4.04. The topological polar surface area (TPSA) is 88.2 Å². The molecule has 5 nitrogen and oxygen atoms in total. The normalized spacial score (nSPS) is 17.4. The minimum Gasteiger partial charge on any atom is -0.397 e. The molecule has 0 radical (unpaired) electrons. The number of nitrogen functional groups attached to an aromatic ring is 1.